The summed E-state index contributed by atoms with van der Waals surface area (Å²) in [5.74, 6) is -3.63. The molecular formula is C38H39FN2O9. The summed E-state index contributed by atoms with van der Waals surface area (Å²) in [4.78, 5) is 50.2. The Kier molecular flexibility index (Phi) is 12.4. The summed E-state index contributed by atoms with van der Waals surface area (Å²) >= 11 is 0. The van der Waals surface area contributed by atoms with Gasteiger partial charge in [-0.15, -0.1) is 0 Å². The van der Waals surface area contributed by atoms with Crippen molar-refractivity contribution in [1.29, 1.82) is 0 Å². The van der Waals surface area contributed by atoms with Crippen LogP contribution >= 0.6 is 0 Å². The Hall–Kier alpha value is -5.59. The van der Waals surface area contributed by atoms with E-state index in [0.29, 0.717) is 33.5 Å². The molecule has 11 nitrogen and oxygen atoms in total. The number of nitrogens with zero attached hydrogens (tertiary/aromatic N) is 1. The van der Waals surface area contributed by atoms with Crippen molar-refractivity contribution in [1.82, 2.24) is 9.88 Å². The van der Waals surface area contributed by atoms with E-state index in [9.17, 15) is 33.8 Å². The van der Waals surface area contributed by atoms with Gasteiger partial charge in [-0.1, -0.05) is 54.6 Å². The molecular weight excluding hydrogens is 647 g/mol. The van der Waals surface area contributed by atoms with E-state index >= 15 is 0 Å². The minimum Gasteiger partial charge on any atom is -0.481 e. The number of amides is 1. The first kappa shape index (κ1) is 37.2. The summed E-state index contributed by atoms with van der Waals surface area (Å²) in [7, 11) is 2.38. The Labute approximate surface area is 288 Å². The predicted octanol–water partition coefficient (Wildman–Crippen LogP) is 5.65. The number of rotatable bonds is 14. The number of aliphatic hydroxyl groups excluding tert-OH is 2. The maximum atomic E-state index is 14.4. The van der Waals surface area contributed by atoms with E-state index in [-0.39, 0.29) is 35.8 Å². The zero-order chi connectivity index (χ0) is 36.5. The lowest BCUT2D eigenvalue weighted by Crippen LogP contribution is -2.27. The van der Waals surface area contributed by atoms with Crippen LogP contribution in [0.5, 0.6) is 0 Å². The predicted molar refractivity (Wildman–Crippen MR) is 184 cm³/mol. The number of aliphatic hydroxyl groups is 2. The van der Waals surface area contributed by atoms with Crippen molar-refractivity contribution >= 4 is 29.9 Å². The molecule has 0 aliphatic carbocycles. The van der Waals surface area contributed by atoms with Gasteiger partial charge in [0, 0.05) is 35.8 Å². The molecule has 12 heteroatoms. The van der Waals surface area contributed by atoms with Gasteiger partial charge < -0.3 is 34.7 Å². The van der Waals surface area contributed by atoms with Crippen LogP contribution in [0.25, 0.3) is 28.3 Å². The van der Waals surface area contributed by atoms with Crippen LogP contribution in [0.4, 0.5) is 4.39 Å². The summed E-state index contributed by atoms with van der Waals surface area (Å²) < 4.78 is 25.6. The lowest BCUT2D eigenvalue weighted by Gasteiger charge is -2.17. The molecule has 1 amide bonds. The number of nitrogens with one attached hydrogen (secondary N) is 1. The molecule has 0 saturated carbocycles. The number of ether oxygens (including phenoxy) is 2. The molecule has 0 aliphatic heterocycles. The molecule has 0 bridgehead atoms. The van der Waals surface area contributed by atoms with Gasteiger partial charge in [-0.2, -0.15) is 0 Å². The van der Waals surface area contributed by atoms with Crippen LogP contribution in [-0.2, 0) is 20.8 Å². The number of hydrogen-bond acceptors (Lipinski definition) is 8. The molecule has 1 aromatic heterocycles. The van der Waals surface area contributed by atoms with Crippen LogP contribution in [0.1, 0.15) is 75.2 Å². The fourth-order valence-corrected chi connectivity index (χ4v) is 5.70. The minimum atomic E-state index is -1.29. The Balaban J connectivity index is 1.88. The Morgan fingerprint density at radius 2 is 1.48 bits per heavy atom. The van der Waals surface area contributed by atoms with Crippen LogP contribution < -0.4 is 5.32 Å². The molecule has 4 rings (SSSR count). The van der Waals surface area contributed by atoms with Crippen molar-refractivity contribution in [3.05, 3.63) is 113 Å². The topological polar surface area (TPSA) is 164 Å². The third-order valence-electron chi connectivity index (χ3n) is 7.92. The number of halogens is 1. The largest absolute Gasteiger partial charge is 0.481 e. The van der Waals surface area contributed by atoms with E-state index in [4.69, 9.17) is 14.6 Å². The fraction of sp³-hybridized carbons (Fsp3) is 0.263. The maximum absolute atomic E-state index is 14.4. The molecule has 2 atom stereocenters. The van der Waals surface area contributed by atoms with Gasteiger partial charge >= 0.3 is 17.9 Å². The van der Waals surface area contributed by atoms with E-state index in [1.165, 1.54) is 44.6 Å². The average molecular weight is 687 g/mol. The molecule has 262 valence electrons. The lowest BCUT2D eigenvalue weighted by molar-refractivity contribution is -0.139. The SMILES string of the molecule is COC(=O)c1ccc(CNC(=O)c2c(-c3ccccc3)c(-c3ccc(F)cc3)c(C=CC(O)CC(O)CC(=O)O)n2C(C)C)cc1C(=O)OC. The standard InChI is InChI=1S/C38H39FN2O9/c1-22(2)41-31(17-15-27(42)19-28(43)20-32(44)45)33(25-11-13-26(39)14-12-25)34(24-8-6-5-7-9-24)35(41)36(46)40-21-23-10-16-29(37(47)49-3)30(18-23)38(48)50-4/h5-18,22,27-28,42-43H,19-21H2,1-4H3,(H,40,46)(H,44,45). The van der Waals surface area contributed by atoms with Gasteiger partial charge in [0.2, 0.25) is 0 Å². The first-order chi connectivity index (χ1) is 23.9. The summed E-state index contributed by atoms with van der Waals surface area (Å²) in [6.45, 7) is 3.70. The van der Waals surface area contributed by atoms with Crippen LogP contribution in [0.15, 0.2) is 78.9 Å². The van der Waals surface area contributed by atoms with Crippen molar-refractivity contribution in [2.75, 3.05) is 14.2 Å². The number of aliphatic carboxylic acids is 1. The van der Waals surface area contributed by atoms with Crippen molar-refractivity contribution in [3.8, 4) is 22.3 Å². The van der Waals surface area contributed by atoms with Gasteiger partial charge in [0.05, 0.1) is 44.0 Å². The zero-order valence-electron chi connectivity index (χ0n) is 28.1. The summed E-state index contributed by atoms with van der Waals surface area (Å²) in [5.41, 5.74) is 3.59. The fourth-order valence-electron chi connectivity index (χ4n) is 5.70. The smallest absolute Gasteiger partial charge is 0.338 e. The quantitative estimate of drug-likeness (QED) is 0.123. The molecule has 0 saturated heterocycles. The first-order valence-corrected chi connectivity index (χ1v) is 15.8. The molecule has 2 unspecified atom stereocenters. The van der Waals surface area contributed by atoms with Gasteiger partial charge in [0.15, 0.2) is 0 Å². The Bertz CT molecular complexity index is 1880. The van der Waals surface area contributed by atoms with Gasteiger partial charge in [0.1, 0.15) is 11.5 Å². The molecule has 0 radical (unpaired) electrons. The van der Waals surface area contributed by atoms with E-state index in [2.05, 4.69) is 5.32 Å². The molecule has 4 N–H and O–H groups in total. The second-order valence-electron chi connectivity index (χ2n) is 11.8. The number of carbonyl (C=O) groups is 4. The lowest BCUT2D eigenvalue weighted by atomic mass is 9.94. The van der Waals surface area contributed by atoms with Crippen molar-refractivity contribution < 1.29 is 48.4 Å². The zero-order valence-corrected chi connectivity index (χ0v) is 28.1. The van der Waals surface area contributed by atoms with Crippen molar-refractivity contribution in [2.45, 2.75) is 51.5 Å². The normalized spacial score (nSPS) is 12.5. The number of carbonyl (C=O) groups excluding carboxylic acids is 3. The van der Waals surface area contributed by atoms with E-state index in [1.807, 2.05) is 44.2 Å². The van der Waals surface area contributed by atoms with E-state index < -0.39 is 48.3 Å². The Morgan fingerprint density at radius 3 is 2.08 bits per heavy atom. The van der Waals surface area contributed by atoms with Crippen molar-refractivity contribution in [3.63, 3.8) is 0 Å². The summed E-state index contributed by atoms with van der Waals surface area (Å²) in [6, 6.07) is 19.0. The molecule has 4 aromatic rings. The highest BCUT2D eigenvalue weighted by molar-refractivity contribution is 6.06. The highest BCUT2D eigenvalue weighted by Gasteiger charge is 2.30. The van der Waals surface area contributed by atoms with Gasteiger partial charge in [-0.25, -0.2) is 14.0 Å². The second-order valence-corrected chi connectivity index (χ2v) is 11.8. The summed E-state index contributed by atoms with van der Waals surface area (Å²) in [5, 5.41) is 32.8. The maximum Gasteiger partial charge on any atom is 0.338 e. The van der Waals surface area contributed by atoms with E-state index in [1.54, 1.807) is 28.8 Å². The van der Waals surface area contributed by atoms with Gasteiger partial charge in [-0.3, -0.25) is 9.59 Å². The number of esters is 2. The minimum absolute atomic E-state index is 0.00695. The number of methoxy groups -OCH3 is 2. The molecule has 0 spiro atoms. The molecule has 0 fully saturated rings. The molecule has 50 heavy (non-hydrogen) atoms. The van der Waals surface area contributed by atoms with E-state index in [0.717, 1.165) is 0 Å². The summed E-state index contributed by atoms with van der Waals surface area (Å²) in [6.07, 6.45) is -0.270. The van der Waals surface area contributed by atoms with Crippen molar-refractivity contribution in [2.24, 2.45) is 0 Å². The third kappa shape index (κ3) is 8.70. The number of carboxylic acids is 1. The van der Waals surface area contributed by atoms with Gasteiger partial charge in [-0.05, 0) is 60.9 Å². The third-order valence-corrected chi connectivity index (χ3v) is 7.92. The molecule has 0 aliphatic rings. The van der Waals surface area contributed by atoms with Crippen LogP contribution in [0.2, 0.25) is 0 Å². The average Bonchev–Trinajstić information content (AvgIpc) is 3.44. The van der Waals surface area contributed by atoms with Crippen LogP contribution in [-0.4, -0.2) is 70.1 Å². The second kappa shape index (κ2) is 16.7. The highest BCUT2D eigenvalue weighted by Crippen LogP contribution is 2.42. The number of aromatic nitrogens is 1. The Morgan fingerprint density at radius 1 is 0.860 bits per heavy atom. The van der Waals surface area contributed by atoms with Crippen LogP contribution in [0, 0.1) is 5.82 Å². The molecule has 3 aromatic carbocycles. The monoisotopic (exact) mass is 686 g/mol. The van der Waals surface area contributed by atoms with Crippen LogP contribution in [0.3, 0.4) is 0 Å². The highest BCUT2D eigenvalue weighted by atomic mass is 19.1. The number of carboxylic acid groups (broad SMARTS) is 1. The number of hydrogen-bond donors (Lipinski definition) is 4. The van der Waals surface area contributed by atoms with Gasteiger partial charge in [0.25, 0.3) is 5.91 Å². The molecule has 1 heterocycles. The number of benzene rings is 3. The first-order valence-electron chi connectivity index (χ1n) is 15.8.